The van der Waals surface area contributed by atoms with Crippen molar-refractivity contribution in [2.45, 2.75) is 45.4 Å². The molecule has 0 amide bonds. The summed E-state index contributed by atoms with van der Waals surface area (Å²) in [5, 5.41) is 0. The Kier molecular flexibility index (Phi) is 13.7. The fraction of sp³-hybridized carbons (Fsp3) is 0.286. The zero-order valence-electron chi connectivity index (χ0n) is 20.0. The third kappa shape index (κ3) is 10.6. The minimum absolute atomic E-state index is 0. The van der Waals surface area contributed by atoms with E-state index in [2.05, 4.69) is 21.9 Å². The first-order valence-corrected chi connectivity index (χ1v) is 12.3. The average Bonchev–Trinajstić information content (AvgIpc) is 2.90. The van der Waals surface area contributed by atoms with Gasteiger partial charge in [-0.2, -0.15) is 0 Å². The predicted molar refractivity (Wildman–Crippen MR) is 141 cm³/mol. The van der Waals surface area contributed by atoms with E-state index in [1.54, 1.807) is 12.4 Å². The van der Waals surface area contributed by atoms with Crippen molar-refractivity contribution in [2.75, 3.05) is 6.61 Å². The van der Waals surface area contributed by atoms with Crippen LogP contribution in [0.4, 0.5) is 0 Å². The Labute approximate surface area is 227 Å². The maximum absolute atomic E-state index is 6.04. The molecular formula is C28H32N4OPtS. The molecule has 0 aliphatic carbocycles. The SMILES string of the molecule is CCCCCCCCOc1cc(-c2ccccn2)nc(-c2ccccn2)c1.S=c1cccc[nH]1.[Pt]. The Balaban J connectivity index is 0.000000465. The van der Waals surface area contributed by atoms with E-state index in [1.165, 1.54) is 32.1 Å². The molecule has 0 radical (unpaired) electrons. The first-order valence-electron chi connectivity index (χ1n) is 11.9. The third-order valence-electron chi connectivity index (χ3n) is 5.10. The largest absolute Gasteiger partial charge is 0.493 e. The first-order chi connectivity index (χ1) is 16.8. The average molecular weight is 668 g/mol. The van der Waals surface area contributed by atoms with Crippen molar-refractivity contribution in [1.82, 2.24) is 19.9 Å². The fourth-order valence-electron chi connectivity index (χ4n) is 3.33. The number of hydrogen-bond acceptors (Lipinski definition) is 5. The van der Waals surface area contributed by atoms with Crippen LogP contribution in [0, 0.1) is 4.64 Å². The van der Waals surface area contributed by atoms with E-state index in [9.17, 15) is 0 Å². The van der Waals surface area contributed by atoms with Gasteiger partial charge in [0, 0.05) is 51.8 Å². The third-order valence-corrected chi connectivity index (χ3v) is 5.35. The fourth-order valence-corrected chi connectivity index (χ4v) is 3.48. The van der Waals surface area contributed by atoms with Crippen molar-refractivity contribution in [3.05, 3.63) is 90.0 Å². The molecule has 0 saturated heterocycles. The molecule has 0 atom stereocenters. The molecule has 0 saturated carbocycles. The number of nitrogens with zero attached hydrogens (tertiary/aromatic N) is 3. The number of rotatable bonds is 10. The van der Waals surface area contributed by atoms with Crippen LogP contribution in [0.3, 0.4) is 0 Å². The Morgan fingerprint density at radius 3 is 1.83 bits per heavy atom. The summed E-state index contributed by atoms with van der Waals surface area (Å²) in [5.74, 6) is 0.819. The van der Waals surface area contributed by atoms with Crippen LogP contribution in [-0.2, 0) is 21.1 Å². The molecule has 4 aromatic rings. The van der Waals surface area contributed by atoms with Crippen molar-refractivity contribution >= 4 is 12.2 Å². The summed E-state index contributed by atoms with van der Waals surface area (Å²) in [6.07, 6.45) is 12.9. The molecule has 4 aromatic heterocycles. The number of aromatic amines is 1. The number of pyridine rings is 4. The van der Waals surface area contributed by atoms with Gasteiger partial charge >= 0.3 is 0 Å². The van der Waals surface area contributed by atoms with Crippen LogP contribution in [0.5, 0.6) is 5.75 Å². The maximum Gasteiger partial charge on any atom is 0.123 e. The van der Waals surface area contributed by atoms with Gasteiger partial charge in [0.25, 0.3) is 0 Å². The zero-order valence-corrected chi connectivity index (χ0v) is 23.1. The van der Waals surface area contributed by atoms with E-state index in [1.807, 2.05) is 72.9 Å². The van der Waals surface area contributed by atoms with Gasteiger partial charge in [-0.25, -0.2) is 4.98 Å². The summed E-state index contributed by atoms with van der Waals surface area (Å²) in [4.78, 5) is 16.4. The molecule has 35 heavy (non-hydrogen) atoms. The van der Waals surface area contributed by atoms with E-state index in [4.69, 9.17) is 21.9 Å². The molecule has 0 unspecified atom stereocenters. The van der Waals surface area contributed by atoms with Crippen LogP contribution >= 0.6 is 12.2 Å². The molecule has 0 spiro atoms. The van der Waals surface area contributed by atoms with Gasteiger partial charge in [-0.3, -0.25) is 9.97 Å². The smallest absolute Gasteiger partial charge is 0.123 e. The summed E-state index contributed by atoms with van der Waals surface area (Å²) in [7, 11) is 0. The monoisotopic (exact) mass is 667 g/mol. The molecule has 4 heterocycles. The summed E-state index contributed by atoms with van der Waals surface area (Å²) < 4.78 is 6.82. The van der Waals surface area contributed by atoms with Gasteiger partial charge < -0.3 is 9.72 Å². The number of aromatic nitrogens is 4. The normalized spacial score (nSPS) is 9.97. The summed E-state index contributed by atoms with van der Waals surface area (Å²) in [6, 6.07) is 21.2. The second kappa shape index (κ2) is 16.9. The van der Waals surface area contributed by atoms with Gasteiger partial charge in [0.15, 0.2) is 0 Å². The maximum atomic E-state index is 6.04. The number of hydrogen-bond donors (Lipinski definition) is 1. The van der Waals surface area contributed by atoms with Gasteiger partial charge in [-0.1, -0.05) is 69.4 Å². The van der Waals surface area contributed by atoms with Crippen LogP contribution in [0.15, 0.2) is 85.3 Å². The van der Waals surface area contributed by atoms with Crippen molar-refractivity contribution in [1.29, 1.82) is 0 Å². The molecule has 7 heteroatoms. The Bertz CT molecular complexity index is 1080. The molecule has 4 rings (SSSR count). The second-order valence-corrected chi connectivity index (χ2v) is 8.29. The first kappa shape index (κ1) is 28.5. The summed E-state index contributed by atoms with van der Waals surface area (Å²) in [6.45, 7) is 2.96. The van der Waals surface area contributed by atoms with Crippen LogP contribution in [-0.4, -0.2) is 26.5 Å². The van der Waals surface area contributed by atoms with Gasteiger partial charge in [-0.15, -0.1) is 0 Å². The molecule has 0 fully saturated rings. The van der Waals surface area contributed by atoms with Crippen molar-refractivity contribution < 1.29 is 25.8 Å². The van der Waals surface area contributed by atoms with Crippen LogP contribution < -0.4 is 4.74 Å². The number of ether oxygens (including phenoxy) is 1. The summed E-state index contributed by atoms with van der Waals surface area (Å²) >= 11 is 4.76. The molecule has 0 bridgehead atoms. The predicted octanol–water partition coefficient (Wildman–Crippen LogP) is 7.69. The van der Waals surface area contributed by atoms with E-state index >= 15 is 0 Å². The zero-order chi connectivity index (χ0) is 23.8. The molecule has 0 aliphatic rings. The van der Waals surface area contributed by atoms with Crippen LogP contribution in [0.2, 0.25) is 0 Å². The van der Waals surface area contributed by atoms with Crippen LogP contribution in [0.1, 0.15) is 45.4 Å². The van der Waals surface area contributed by atoms with Crippen molar-refractivity contribution in [2.24, 2.45) is 0 Å². The number of H-pyrrole nitrogens is 1. The quantitative estimate of drug-likeness (QED) is 0.139. The van der Waals surface area contributed by atoms with E-state index < -0.39 is 0 Å². The molecule has 0 aliphatic heterocycles. The number of unbranched alkanes of at least 4 members (excludes halogenated alkanes) is 5. The minimum atomic E-state index is 0. The van der Waals surface area contributed by atoms with E-state index in [0.717, 1.165) is 46.2 Å². The molecular weight excluding hydrogens is 635 g/mol. The van der Waals surface area contributed by atoms with Crippen LogP contribution in [0.25, 0.3) is 22.8 Å². The number of nitrogens with one attached hydrogen (secondary N) is 1. The van der Waals surface area contributed by atoms with Gasteiger partial charge in [0.05, 0.1) is 29.4 Å². The molecule has 186 valence electrons. The van der Waals surface area contributed by atoms with Crippen molar-refractivity contribution in [3.63, 3.8) is 0 Å². The second-order valence-electron chi connectivity index (χ2n) is 7.85. The molecule has 1 N–H and O–H groups in total. The van der Waals surface area contributed by atoms with E-state index in [-0.39, 0.29) is 21.1 Å². The van der Waals surface area contributed by atoms with Crippen molar-refractivity contribution in [3.8, 4) is 28.5 Å². The molecule has 5 nitrogen and oxygen atoms in total. The Hall–Kier alpha value is -2.69. The Morgan fingerprint density at radius 2 is 1.34 bits per heavy atom. The topological polar surface area (TPSA) is 63.7 Å². The van der Waals surface area contributed by atoms with Gasteiger partial charge in [-0.05, 0) is 42.8 Å². The minimum Gasteiger partial charge on any atom is -0.493 e. The van der Waals surface area contributed by atoms with Gasteiger partial charge in [0.1, 0.15) is 10.4 Å². The Morgan fingerprint density at radius 1 is 0.743 bits per heavy atom. The van der Waals surface area contributed by atoms with E-state index in [0.29, 0.717) is 0 Å². The summed E-state index contributed by atoms with van der Waals surface area (Å²) in [5.41, 5.74) is 3.27. The van der Waals surface area contributed by atoms with Gasteiger partial charge in [0.2, 0.25) is 0 Å². The standard InChI is InChI=1S/C23H27N3O.C5H5NS.Pt/c1-2-3-4-5-6-11-16-27-19-17-22(20-12-7-9-14-24-20)26-23(18-19)21-13-8-10-15-25-21;7-5-3-1-2-4-6-5;/h7-10,12-15,17-18H,2-6,11,16H2,1H3;1-4H,(H,6,7);. The molecule has 0 aromatic carbocycles.